The van der Waals surface area contributed by atoms with Crippen molar-refractivity contribution in [2.45, 2.75) is 37.8 Å². The number of aryl methyl sites for hydroxylation is 1. The molecule has 1 unspecified atom stereocenters. The van der Waals surface area contributed by atoms with Gasteiger partial charge in [0.15, 0.2) is 5.65 Å². The Labute approximate surface area is 182 Å². The number of methoxy groups -OCH3 is 1. The second-order valence-electron chi connectivity index (χ2n) is 7.96. The van der Waals surface area contributed by atoms with E-state index in [0.717, 1.165) is 17.4 Å². The number of piperidine rings is 1. The Kier molecular flexibility index (Phi) is 5.94. The quantitative estimate of drug-likeness (QED) is 0.618. The molecule has 1 atom stereocenters. The van der Waals surface area contributed by atoms with Crippen molar-refractivity contribution in [3.63, 3.8) is 0 Å². The summed E-state index contributed by atoms with van der Waals surface area (Å²) < 4.78 is 46.1. The Morgan fingerprint density at radius 1 is 1.31 bits per heavy atom. The Hall–Kier alpha value is -3.30. The number of aromatic nitrogens is 3. The van der Waals surface area contributed by atoms with Crippen molar-refractivity contribution in [1.29, 1.82) is 0 Å². The monoisotopic (exact) mass is 447 g/mol. The smallest absolute Gasteiger partial charge is 0.417 e. The number of fused-ring (bicyclic) bond motifs is 1. The van der Waals surface area contributed by atoms with Crippen LogP contribution in [0, 0.1) is 0 Å². The molecule has 7 nitrogen and oxygen atoms in total. The van der Waals surface area contributed by atoms with Gasteiger partial charge in [-0.2, -0.15) is 18.3 Å². The summed E-state index contributed by atoms with van der Waals surface area (Å²) in [6, 6.07) is 8.57. The van der Waals surface area contributed by atoms with Crippen molar-refractivity contribution in [2.24, 2.45) is 0 Å². The third-order valence-electron chi connectivity index (χ3n) is 5.86. The third-order valence-corrected chi connectivity index (χ3v) is 5.86. The number of halogens is 3. The molecule has 1 saturated heterocycles. The van der Waals surface area contributed by atoms with Gasteiger partial charge in [0.1, 0.15) is 11.6 Å². The lowest BCUT2D eigenvalue weighted by Crippen LogP contribution is -2.39. The maximum atomic E-state index is 13.6. The van der Waals surface area contributed by atoms with E-state index in [1.165, 1.54) is 0 Å². The number of nitrogens with zero attached hydrogens (tertiary/aromatic N) is 3. The Morgan fingerprint density at radius 3 is 2.75 bits per heavy atom. The van der Waals surface area contributed by atoms with Crippen LogP contribution in [0.3, 0.4) is 0 Å². The van der Waals surface area contributed by atoms with E-state index in [0.29, 0.717) is 38.8 Å². The Balaban J connectivity index is 1.48. The van der Waals surface area contributed by atoms with Crippen LogP contribution in [0.5, 0.6) is 5.75 Å². The molecule has 0 spiro atoms. The van der Waals surface area contributed by atoms with Crippen LogP contribution in [-0.4, -0.2) is 46.2 Å². The zero-order valence-electron chi connectivity index (χ0n) is 17.6. The van der Waals surface area contributed by atoms with Crippen LogP contribution in [0.2, 0.25) is 0 Å². The van der Waals surface area contributed by atoms with Gasteiger partial charge >= 0.3 is 6.18 Å². The number of nitrogens with two attached hydrogens (primary N) is 1. The van der Waals surface area contributed by atoms with Crippen LogP contribution in [0.15, 0.2) is 30.3 Å². The van der Waals surface area contributed by atoms with Gasteiger partial charge in [-0.3, -0.25) is 9.89 Å². The molecule has 1 aliphatic rings. The summed E-state index contributed by atoms with van der Waals surface area (Å²) in [5.74, 6) is 0.273. The fourth-order valence-electron chi connectivity index (χ4n) is 4.15. The predicted octanol–water partition coefficient (Wildman–Crippen LogP) is 3.91. The maximum absolute atomic E-state index is 13.6. The number of hydrogen-bond donors (Lipinski definition) is 2. The molecule has 3 aromatic rings. The van der Waals surface area contributed by atoms with Crippen LogP contribution < -0.4 is 10.5 Å². The summed E-state index contributed by atoms with van der Waals surface area (Å²) in [7, 11) is 1.59. The van der Waals surface area contributed by atoms with Gasteiger partial charge in [0, 0.05) is 31.1 Å². The minimum atomic E-state index is -4.59. The van der Waals surface area contributed by atoms with Gasteiger partial charge in [-0.25, -0.2) is 4.98 Å². The molecule has 0 radical (unpaired) electrons. The van der Waals surface area contributed by atoms with Gasteiger partial charge in [-0.1, -0.05) is 12.1 Å². The average Bonchev–Trinajstić information content (AvgIpc) is 3.17. The first-order valence-corrected chi connectivity index (χ1v) is 10.4. The topological polar surface area (TPSA) is 97.1 Å². The predicted molar refractivity (Wildman–Crippen MR) is 113 cm³/mol. The number of pyridine rings is 1. The van der Waals surface area contributed by atoms with E-state index in [2.05, 4.69) is 15.2 Å². The molecule has 2 aromatic heterocycles. The first-order chi connectivity index (χ1) is 15.3. The number of nitrogens with one attached hydrogen (secondary N) is 1. The van der Waals surface area contributed by atoms with Crippen molar-refractivity contribution < 1.29 is 22.7 Å². The lowest BCUT2D eigenvalue weighted by Gasteiger charge is -2.33. The summed E-state index contributed by atoms with van der Waals surface area (Å²) >= 11 is 0. The van der Waals surface area contributed by atoms with Gasteiger partial charge < -0.3 is 15.4 Å². The standard InChI is InChI=1S/C22H24F3N5O2/c1-32-15-7-4-13(5-8-15)6-9-18(31)30-10-2-3-14(12-30)17-11-16(22(23,24)25)19-20(26)28-29-21(19)27-17/h4-5,7-8,11,14H,2-3,6,9-10,12H2,1H3,(H3,26,27,28,29). The molecule has 1 amide bonds. The minimum Gasteiger partial charge on any atom is -0.497 e. The fourth-order valence-corrected chi connectivity index (χ4v) is 4.15. The summed E-state index contributed by atoms with van der Waals surface area (Å²) in [5, 5.41) is 5.99. The Bertz CT molecular complexity index is 1110. The van der Waals surface area contributed by atoms with E-state index in [1.807, 2.05) is 24.3 Å². The third kappa shape index (κ3) is 4.49. The van der Waals surface area contributed by atoms with Gasteiger partial charge in [0.25, 0.3) is 0 Å². The molecule has 0 aliphatic carbocycles. The number of hydrogen-bond acceptors (Lipinski definition) is 5. The van der Waals surface area contributed by atoms with E-state index < -0.39 is 11.7 Å². The van der Waals surface area contributed by atoms with Crippen LogP contribution >= 0.6 is 0 Å². The fraction of sp³-hybridized carbons (Fsp3) is 0.409. The van der Waals surface area contributed by atoms with Crippen LogP contribution in [-0.2, 0) is 17.4 Å². The first kappa shape index (κ1) is 21.9. The average molecular weight is 447 g/mol. The van der Waals surface area contributed by atoms with E-state index in [9.17, 15) is 18.0 Å². The highest BCUT2D eigenvalue weighted by Crippen LogP contribution is 2.38. The van der Waals surface area contributed by atoms with Crippen LogP contribution in [0.25, 0.3) is 11.0 Å². The maximum Gasteiger partial charge on any atom is 0.417 e. The Morgan fingerprint density at radius 2 is 2.06 bits per heavy atom. The number of aromatic amines is 1. The van der Waals surface area contributed by atoms with Crippen molar-refractivity contribution in [3.05, 3.63) is 47.2 Å². The lowest BCUT2D eigenvalue weighted by molar-refractivity contribution is -0.136. The van der Waals surface area contributed by atoms with E-state index in [-0.39, 0.29) is 34.4 Å². The van der Waals surface area contributed by atoms with Gasteiger partial charge in [0.05, 0.1) is 18.1 Å². The highest BCUT2D eigenvalue weighted by molar-refractivity contribution is 5.89. The summed E-state index contributed by atoms with van der Waals surface area (Å²) in [5.41, 5.74) is 6.03. The van der Waals surface area contributed by atoms with Crippen molar-refractivity contribution in [2.75, 3.05) is 25.9 Å². The molecular weight excluding hydrogens is 423 g/mol. The SMILES string of the molecule is COc1ccc(CCC(=O)N2CCCC(c3cc(C(F)(F)F)c4c(N)[nH]nc4n3)C2)cc1. The minimum absolute atomic E-state index is 0.0216. The summed E-state index contributed by atoms with van der Waals surface area (Å²) in [4.78, 5) is 18.8. The number of anilines is 1. The van der Waals surface area contributed by atoms with E-state index in [1.54, 1.807) is 12.0 Å². The first-order valence-electron chi connectivity index (χ1n) is 10.4. The van der Waals surface area contributed by atoms with Gasteiger partial charge in [-0.15, -0.1) is 0 Å². The molecule has 1 aliphatic heterocycles. The number of amides is 1. The second-order valence-corrected chi connectivity index (χ2v) is 7.96. The number of nitrogen functional groups attached to an aromatic ring is 1. The number of carbonyl (C=O) groups is 1. The molecule has 0 saturated carbocycles. The number of H-pyrrole nitrogens is 1. The molecule has 170 valence electrons. The van der Waals surface area contributed by atoms with Gasteiger partial charge in [-0.05, 0) is 43.0 Å². The van der Waals surface area contributed by atoms with Crippen molar-refractivity contribution in [3.8, 4) is 5.75 Å². The van der Waals surface area contributed by atoms with Crippen molar-refractivity contribution >= 4 is 22.8 Å². The number of ether oxygens (including phenoxy) is 1. The molecule has 10 heteroatoms. The lowest BCUT2D eigenvalue weighted by atomic mass is 9.92. The molecule has 1 fully saturated rings. The number of rotatable bonds is 5. The normalized spacial score (nSPS) is 17.0. The largest absolute Gasteiger partial charge is 0.497 e. The molecule has 4 rings (SSSR count). The zero-order chi connectivity index (χ0) is 22.9. The van der Waals surface area contributed by atoms with E-state index in [4.69, 9.17) is 10.5 Å². The summed E-state index contributed by atoms with van der Waals surface area (Å²) in [6.45, 7) is 0.916. The molecular formula is C22H24F3N5O2. The van der Waals surface area contributed by atoms with Crippen molar-refractivity contribution in [1.82, 2.24) is 20.1 Å². The molecule has 3 N–H and O–H groups in total. The number of alkyl halides is 3. The van der Waals surface area contributed by atoms with Crippen LogP contribution in [0.4, 0.5) is 19.0 Å². The summed E-state index contributed by atoms with van der Waals surface area (Å²) in [6.07, 6.45) is -2.33. The highest BCUT2D eigenvalue weighted by atomic mass is 19.4. The molecule has 0 bridgehead atoms. The van der Waals surface area contributed by atoms with E-state index >= 15 is 0 Å². The highest BCUT2D eigenvalue weighted by Gasteiger charge is 2.36. The zero-order valence-corrected chi connectivity index (χ0v) is 17.6. The number of likely N-dealkylation sites (tertiary alicyclic amines) is 1. The van der Waals surface area contributed by atoms with Crippen LogP contribution in [0.1, 0.15) is 42.0 Å². The number of carbonyl (C=O) groups excluding carboxylic acids is 1. The number of benzene rings is 1. The molecule has 3 heterocycles. The second kappa shape index (κ2) is 8.68. The molecule has 32 heavy (non-hydrogen) atoms. The molecule has 1 aromatic carbocycles. The van der Waals surface area contributed by atoms with Gasteiger partial charge in [0.2, 0.25) is 5.91 Å².